The largest absolute Gasteiger partial charge is 0.573 e. The number of halogens is 4. The third kappa shape index (κ3) is 8.22. The molecule has 0 fully saturated rings. The van der Waals surface area contributed by atoms with E-state index in [0.717, 1.165) is 23.5 Å². The molecule has 15 heteroatoms. The van der Waals surface area contributed by atoms with Crippen LogP contribution in [0.15, 0.2) is 30.5 Å². The third-order valence-electron chi connectivity index (χ3n) is 4.79. The van der Waals surface area contributed by atoms with Gasteiger partial charge in [0, 0.05) is 6.42 Å². The first-order valence-corrected chi connectivity index (χ1v) is 11.2. The molecule has 1 unspecified atom stereocenters. The van der Waals surface area contributed by atoms with Gasteiger partial charge in [0.15, 0.2) is 5.72 Å². The molecule has 0 spiro atoms. The molecule has 0 saturated carbocycles. The minimum Gasteiger partial charge on any atom is -0.406 e. The van der Waals surface area contributed by atoms with Crippen molar-refractivity contribution in [3.05, 3.63) is 46.7 Å². The molecule has 190 valence electrons. The Morgan fingerprint density at radius 1 is 1.29 bits per heavy atom. The zero-order valence-corrected chi connectivity index (χ0v) is 19.5. The van der Waals surface area contributed by atoms with Gasteiger partial charge in [0.05, 0.1) is 19.2 Å². The molecule has 0 radical (unpaired) electrons. The van der Waals surface area contributed by atoms with Gasteiger partial charge in [0.2, 0.25) is 11.0 Å². The van der Waals surface area contributed by atoms with Gasteiger partial charge in [-0.25, -0.2) is 9.07 Å². The lowest BCUT2D eigenvalue weighted by molar-refractivity contribution is -0.274. The minimum absolute atomic E-state index is 0.0632. The average Bonchev–Trinajstić information content (AvgIpc) is 3.41. The fourth-order valence-corrected chi connectivity index (χ4v) is 3.69. The Morgan fingerprint density at radius 2 is 2.06 bits per heavy atom. The summed E-state index contributed by atoms with van der Waals surface area (Å²) in [6.07, 6.45) is -4.46. The van der Waals surface area contributed by atoms with Crippen molar-refractivity contribution < 1.29 is 32.2 Å². The van der Waals surface area contributed by atoms with E-state index in [4.69, 9.17) is 0 Å². The maximum atomic E-state index is 14.4. The number of aromatic nitrogens is 5. The highest BCUT2D eigenvalue weighted by atomic mass is 32.1. The molecule has 1 amide bonds. The quantitative estimate of drug-likeness (QED) is 0.262. The van der Waals surface area contributed by atoms with Crippen LogP contribution in [0.2, 0.25) is 0 Å². The fourth-order valence-electron chi connectivity index (χ4n) is 2.92. The van der Waals surface area contributed by atoms with Gasteiger partial charge in [0.1, 0.15) is 22.6 Å². The van der Waals surface area contributed by atoms with Crippen molar-refractivity contribution in [2.24, 2.45) is 0 Å². The van der Waals surface area contributed by atoms with Crippen molar-refractivity contribution in [3.63, 3.8) is 0 Å². The van der Waals surface area contributed by atoms with Crippen molar-refractivity contribution in [2.45, 2.75) is 51.0 Å². The Kier molecular flexibility index (Phi) is 8.34. The number of ether oxygens (including phenoxy) is 1. The monoisotopic (exact) mass is 517 g/mol. The number of hydrogen-bond acceptors (Lipinski definition) is 9. The molecule has 0 aliphatic rings. The Balaban J connectivity index is 1.46. The number of aliphatic hydroxyl groups is 1. The summed E-state index contributed by atoms with van der Waals surface area (Å²) in [7, 11) is 1.56. The van der Waals surface area contributed by atoms with Crippen LogP contribution in [0.3, 0.4) is 0 Å². The molecule has 0 saturated heterocycles. The predicted molar refractivity (Wildman–Crippen MR) is 117 cm³/mol. The van der Waals surface area contributed by atoms with Crippen molar-refractivity contribution in [1.29, 1.82) is 0 Å². The lowest BCUT2D eigenvalue weighted by atomic mass is 10.1. The van der Waals surface area contributed by atoms with E-state index < -0.39 is 29.9 Å². The van der Waals surface area contributed by atoms with Crippen LogP contribution >= 0.6 is 11.3 Å². The number of carbonyl (C=O) groups is 1. The van der Waals surface area contributed by atoms with Crippen LogP contribution in [-0.4, -0.2) is 55.8 Å². The summed E-state index contributed by atoms with van der Waals surface area (Å²) in [4.78, 5) is 12.2. The number of hydrogen-bond donors (Lipinski definition) is 3. The topological polar surface area (TPSA) is 127 Å². The Morgan fingerprint density at radius 3 is 2.77 bits per heavy atom. The van der Waals surface area contributed by atoms with E-state index in [0.29, 0.717) is 10.6 Å². The van der Waals surface area contributed by atoms with Crippen LogP contribution in [0.5, 0.6) is 5.75 Å². The molecule has 0 aliphatic carbocycles. The number of carbonyl (C=O) groups excluding carboxylic acids is 1. The normalized spacial score (nSPS) is 14.4. The molecule has 3 N–H and O–H groups in total. The molecule has 1 aromatic carbocycles. The summed E-state index contributed by atoms with van der Waals surface area (Å²) < 4.78 is 56.6. The maximum absolute atomic E-state index is 14.4. The minimum atomic E-state index is -4.83. The van der Waals surface area contributed by atoms with Crippen LogP contribution < -0.4 is 15.4 Å². The number of nitrogens with one attached hydrogen (secondary N) is 2. The molecule has 10 nitrogen and oxygen atoms in total. The molecule has 2 aromatic heterocycles. The van der Waals surface area contributed by atoms with E-state index in [1.54, 1.807) is 7.05 Å². The summed E-state index contributed by atoms with van der Waals surface area (Å²) in [5.41, 5.74) is -0.796. The second-order valence-corrected chi connectivity index (χ2v) is 8.77. The predicted octanol–water partition coefficient (Wildman–Crippen LogP) is 2.56. The van der Waals surface area contributed by atoms with Gasteiger partial charge < -0.3 is 15.2 Å². The van der Waals surface area contributed by atoms with Gasteiger partial charge in [-0.05, 0) is 38.1 Å². The molecule has 35 heavy (non-hydrogen) atoms. The summed E-state index contributed by atoms with van der Waals surface area (Å²) in [5.74, 6) is -0.920. The SMILES string of the molecule is CN[C@@](C)(O)c1cn(CC(F)CCc2nnc(NC(=O)Cc3cccc(OC(F)(F)F)c3)s2)nn1. The van der Waals surface area contributed by atoms with Crippen LogP contribution in [0.25, 0.3) is 0 Å². The molecule has 3 rings (SSSR count). The molecule has 2 atom stereocenters. The highest BCUT2D eigenvalue weighted by molar-refractivity contribution is 7.15. The second kappa shape index (κ2) is 11.0. The number of benzene rings is 1. The lowest BCUT2D eigenvalue weighted by Gasteiger charge is -2.18. The Labute approximate surface area is 201 Å². The van der Waals surface area contributed by atoms with Crippen molar-refractivity contribution >= 4 is 22.4 Å². The summed E-state index contributed by atoms with van der Waals surface area (Å²) in [5, 5.41) is 31.4. The van der Waals surface area contributed by atoms with Crippen LogP contribution in [0.1, 0.15) is 29.6 Å². The van der Waals surface area contributed by atoms with Gasteiger partial charge in [-0.15, -0.1) is 28.5 Å². The number of amides is 1. The van der Waals surface area contributed by atoms with Crippen LogP contribution in [-0.2, 0) is 29.9 Å². The van der Waals surface area contributed by atoms with Gasteiger partial charge in [-0.2, -0.15) is 0 Å². The maximum Gasteiger partial charge on any atom is 0.573 e. The van der Waals surface area contributed by atoms with Crippen LogP contribution in [0, 0.1) is 0 Å². The number of aryl methyl sites for hydroxylation is 1. The number of rotatable bonds is 11. The highest BCUT2D eigenvalue weighted by Gasteiger charge is 2.31. The van der Waals surface area contributed by atoms with Gasteiger partial charge in [-0.3, -0.25) is 10.1 Å². The molecule has 3 aromatic rings. The van der Waals surface area contributed by atoms with Gasteiger partial charge in [0.25, 0.3) is 0 Å². The molecule has 0 bridgehead atoms. The smallest absolute Gasteiger partial charge is 0.406 e. The zero-order valence-electron chi connectivity index (χ0n) is 18.7. The molecular formula is C20H23F4N7O3S. The van der Waals surface area contributed by atoms with Gasteiger partial charge in [-0.1, -0.05) is 28.7 Å². The van der Waals surface area contributed by atoms with Gasteiger partial charge >= 0.3 is 6.36 Å². The first-order valence-electron chi connectivity index (χ1n) is 10.4. The summed E-state index contributed by atoms with van der Waals surface area (Å²) in [6.45, 7) is 1.44. The van der Waals surface area contributed by atoms with Crippen LogP contribution in [0.4, 0.5) is 22.7 Å². The number of anilines is 1. The number of nitrogens with zero attached hydrogens (tertiary/aromatic N) is 5. The number of alkyl halides is 4. The van der Waals surface area contributed by atoms with Crippen molar-refractivity contribution in [3.8, 4) is 5.75 Å². The Bertz CT molecular complexity index is 1140. The van der Waals surface area contributed by atoms with Crippen molar-refractivity contribution in [2.75, 3.05) is 12.4 Å². The molecule has 2 heterocycles. The van der Waals surface area contributed by atoms with E-state index in [2.05, 4.69) is 35.9 Å². The first kappa shape index (κ1) is 26.4. The zero-order chi connectivity index (χ0) is 25.6. The fraction of sp³-hybridized carbons (Fsp3) is 0.450. The lowest BCUT2D eigenvalue weighted by Crippen LogP contribution is -2.36. The second-order valence-electron chi connectivity index (χ2n) is 7.71. The third-order valence-corrected chi connectivity index (χ3v) is 5.69. The van der Waals surface area contributed by atoms with E-state index in [9.17, 15) is 27.5 Å². The molecular weight excluding hydrogens is 494 g/mol. The average molecular weight is 518 g/mol. The first-order chi connectivity index (χ1) is 16.4. The molecule has 0 aliphatic heterocycles. The van der Waals surface area contributed by atoms with E-state index in [1.807, 2.05) is 0 Å². The summed E-state index contributed by atoms with van der Waals surface area (Å²) in [6, 6.07) is 5.10. The van der Waals surface area contributed by atoms with E-state index >= 15 is 0 Å². The van der Waals surface area contributed by atoms with Crippen molar-refractivity contribution in [1.82, 2.24) is 30.5 Å². The highest BCUT2D eigenvalue weighted by Crippen LogP contribution is 2.24. The summed E-state index contributed by atoms with van der Waals surface area (Å²) >= 11 is 1.07. The van der Waals surface area contributed by atoms with E-state index in [-0.39, 0.29) is 36.6 Å². The van der Waals surface area contributed by atoms with E-state index in [1.165, 1.54) is 29.9 Å². The Hall–Kier alpha value is -3.17. The standard InChI is InChI=1S/C20H23F4N7O3S/c1-19(33,25-2)15-11-31(30-27-15)10-13(21)6-7-17-28-29-18(35-17)26-16(32)9-12-4-3-5-14(8-12)34-20(22,23)24/h3-5,8,11,13,25,33H,6-7,9-10H2,1-2H3,(H,26,29,32)/t13?,19-/m0/s1.